The average molecular weight is 211 g/mol. The third kappa shape index (κ3) is 1.80. The Kier molecular flexibility index (Phi) is 2.98. The molecule has 0 radical (unpaired) electrons. The Hall–Kier alpha value is -1.19. The van der Waals surface area contributed by atoms with E-state index in [0.29, 0.717) is 12.2 Å². The highest BCUT2D eigenvalue weighted by molar-refractivity contribution is 5.45. The summed E-state index contributed by atoms with van der Waals surface area (Å²) in [5.74, 6) is 0. The van der Waals surface area contributed by atoms with E-state index in [-0.39, 0.29) is 11.0 Å². The van der Waals surface area contributed by atoms with Crippen LogP contribution in [-0.2, 0) is 18.5 Å². The Labute approximate surface area is 90.7 Å². The van der Waals surface area contributed by atoms with Gasteiger partial charge in [-0.1, -0.05) is 20.8 Å². The maximum atomic E-state index is 11.9. The van der Waals surface area contributed by atoms with Crippen molar-refractivity contribution in [3.05, 3.63) is 16.0 Å². The fraction of sp³-hybridized carbons (Fsp3) is 0.727. The minimum atomic E-state index is -0.0975. The maximum absolute atomic E-state index is 11.9. The quantitative estimate of drug-likeness (QED) is 0.807. The Balaban J connectivity index is 3.58. The van der Waals surface area contributed by atoms with Crippen LogP contribution in [0.25, 0.3) is 0 Å². The van der Waals surface area contributed by atoms with E-state index in [1.807, 2.05) is 18.5 Å². The average Bonchev–Trinajstić information content (AvgIpc) is 2.38. The van der Waals surface area contributed by atoms with Crippen LogP contribution in [0.15, 0.2) is 4.79 Å². The van der Waals surface area contributed by atoms with E-state index in [1.165, 1.54) is 0 Å². The molecule has 0 saturated carbocycles. The molecule has 0 bridgehead atoms. The number of rotatable bonds is 2. The van der Waals surface area contributed by atoms with Gasteiger partial charge in [0.15, 0.2) is 0 Å². The van der Waals surface area contributed by atoms with Crippen LogP contribution in [0, 0.1) is 0 Å². The molecule has 0 aliphatic carbocycles. The molecular weight excluding hydrogens is 190 g/mol. The van der Waals surface area contributed by atoms with Crippen LogP contribution in [0.4, 0.5) is 5.69 Å². The Bertz CT molecular complexity index is 407. The summed E-state index contributed by atoms with van der Waals surface area (Å²) >= 11 is 0. The molecule has 0 atom stereocenters. The van der Waals surface area contributed by atoms with Gasteiger partial charge in [0, 0.05) is 18.5 Å². The third-order valence-electron chi connectivity index (χ3n) is 2.58. The molecule has 1 heterocycles. The first-order valence-electron chi connectivity index (χ1n) is 5.44. The number of nitrogens with two attached hydrogens (primary N) is 1. The van der Waals surface area contributed by atoms with Gasteiger partial charge >= 0.3 is 0 Å². The summed E-state index contributed by atoms with van der Waals surface area (Å²) in [5.41, 5.74) is 7.06. The molecular formula is C11H21N3O. The first-order chi connectivity index (χ1) is 6.84. The Morgan fingerprint density at radius 2 is 1.60 bits per heavy atom. The lowest BCUT2D eigenvalue weighted by Gasteiger charge is -2.22. The zero-order valence-corrected chi connectivity index (χ0v) is 10.3. The normalized spacial score (nSPS) is 12.1. The predicted octanol–water partition coefficient (Wildman–Crippen LogP) is 1.57. The van der Waals surface area contributed by atoms with E-state index in [2.05, 4.69) is 20.8 Å². The van der Waals surface area contributed by atoms with Crippen molar-refractivity contribution in [3.8, 4) is 0 Å². The van der Waals surface area contributed by atoms with E-state index >= 15 is 0 Å². The molecule has 1 rings (SSSR count). The summed E-state index contributed by atoms with van der Waals surface area (Å²) in [5, 5.41) is 0. The van der Waals surface area contributed by atoms with Crippen molar-refractivity contribution in [2.45, 2.75) is 53.1 Å². The van der Waals surface area contributed by atoms with Gasteiger partial charge in [0.05, 0.1) is 5.69 Å². The smallest absolute Gasteiger partial charge is 0.290 e. The van der Waals surface area contributed by atoms with Crippen molar-refractivity contribution in [1.29, 1.82) is 0 Å². The SMILES string of the molecule is CCn1c(C(C)(C)C)c(N)c(=O)n1CC. The number of nitrogens with zero attached hydrogens (tertiary/aromatic N) is 2. The van der Waals surface area contributed by atoms with Crippen molar-refractivity contribution in [2.75, 3.05) is 5.73 Å². The number of anilines is 1. The molecule has 0 aromatic carbocycles. The Morgan fingerprint density at radius 3 is 1.93 bits per heavy atom. The first kappa shape index (κ1) is 11.9. The lowest BCUT2D eigenvalue weighted by molar-refractivity contribution is 0.421. The highest BCUT2D eigenvalue weighted by Crippen LogP contribution is 2.26. The monoisotopic (exact) mass is 211 g/mol. The van der Waals surface area contributed by atoms with Crippen molar-refractivity contribution in [1.82, 2.24) is 9.36 Å². The number of hydrogen-bond donors (Lipinski definition) is 1. The highest BCUT2D eigenvalue weighted by atomic mass is 16.1. The van der Waals surface area contributed by atoms with Crippen LogP contribution in [-0.4, -0.2) is 9.36 Å². The molecule has 2 N–H and O–H groups in total. The number of aromatic nitrogens is 2. The first-order valence-corrected chi connectivity index (χ1v) is 5.44. The molecule has 4 heteroatoms. The largest absolute Gasteiger partial charge is 0.393 e. The van der Waals surface area contributed by atoms with Crippen LogP contribution in [0.2, 0.25) is 0 Å². The summed E-state index contributed by atoms with van der Waals surface area (Å²) in [7, 11) is 0. The van der Waals surface area contributed by atoms with Gasteiger partial charge in [-0.2, -0.15) is 0 Å². The lowest BCUT2D eigenvalue weighted by atomic mass is 9.91. The van der Waals surface area contributed by atoms with Crippen LogP contribution in [0.1, 0.15) is 40.3 Å². The molecule has 1 aromatic heterocycles. The van der Waals surface area contributed by atoms with Crippen LogP contribution in [0.3, 0.4) is 0 Å². The molecule has 86 valence electrons. The number of hydrogen-bond acceptors (Lipinski definition) is 2. The van der Waals surface area contributed by atoms with Crippen LogP contribution >= 0.6 is 0 Å². The van der Waals surface area contributed by atoms with Crippen molar-refractivity contribution >= 4 is 5.69 Å². The second kappa shape index (κ2) is 3.76. The van der Waals surface area contributed by atoms with Gasteiger partial charge in [0.1, 0.15) is 5.69 Å². The molecule has 4 nitrogen and oxygen atoms in total. The predicted molar refractivity (Wildman–Crippen MR) is 63.2 cm³/mol. The zero-order chi connectivity index (χ0) is 11.8. The Morgan fingerprint density at radius 1 is 1.13 bits per heavy atom. The molecule has 1 aromatic rings. The summed E-state index contributed by atoms with van der Waals surface area (Å²) in [6, 6.07) is 0. The van der Waals surface area contributed by atoms with Gasteiger partial charge in [-0.3, -0.25) is 9.48 Å². The molecule has 0 fully saturated rings. The van der Waals surface area contributed by atoms with Gasteiger partial charge in [-0.25, -0.2) is 4.68 Å². The fourth-order valence-electron chi connectivity index (χ4n) is 2.04. The van der Waals surface area contributed by atoms with Crippen LogP contribution in [0.5, 0.6) is 0 Å². The third-order valence-corrected chi connectivity index (χ3v) is 2.58. The molecule has 0 aliphatic rings. The molecule has 0 unspecified atom stereocenters. The summed E-state index contributed by atoms with van der Waals surface area (Å²) in [6.45, 7) is 11.6. The minimum Gasteiger partial charge on any atom is -0.393 e. The lowest BCUT2D eigenvalue weighted by Crippen LogP contribution is -2.24. The van der Waals surface area contributed by atoms with Gasteiger partial charge in [0.25, 0.3) is 5.56 Å². The minimum absolute atomic E-state index is 0.0655. The summed E-state index contributed by atoms with van der Waals surface area (Å²) in [6.07, 6.45) is 0. The summed E-state index contributed by atoms with van der Waals surface area (Å²) in [4.78, 5) is 11.9. The summed E-state index contributed by atoms with van der Waals surface area (Å²) < 4.78 is 3.69. The van der Waals surface area contributed by atoms with Crippen LogP contribution < -0.4 is 11.3 Å². The number of nitrogen functional groups attached to an aromatic ring is 1. The topological polar surface area (TPSA) is 52.9 Å². The van der Waals surface area contributed by atoms with E-state index in [0.717, 1.165) is 12.2 Å². The van der Waals surface area contributed by atoms with Gasteiger partial charge in [-0.15, -0.1) is 0 Å². The molecule has 0 amide bonds. The van der Waals surface area contributed by atoms with Gasteiger partial charge in [0.2, 0.25) is 0 Å². The van der Waals surface area contributed by atoms with Crippen molar-refractivity contribution in [3.63, 3.8) is 0 Å². The van der Waals surface area contributed by atoms with E-state index < -0.39 is 0 Å². The van der Waals surface area contributed by atoms with E-state index in [1.54, 1.807) is 4.68 Å². The maximum Gasteiger partial charge on any atom is 0.290 e. The zero-order valence-electron chi connectivity index (χ0n) is 10.3. The molecule has 0 saturated heterocycles. The standard InChI is InChI=1S/C11H21N3O/c1-6-13-9(11(3,4)5)8(12)10(15)14(13)7-2/h6-7,12H2,1-5H3. The van der Waals surface area contributed by atoms with E-state index in [9.17, 15) is 4.79 Å². The second-order valence-corrected chi connectivity index (χ2v) is 4.75. The van der Waals surface area contributed by atoms with Crippen molar-refractivity contribution in [2.24, 2.45) is 0 Å². The van der Waals surface area contributed by atoms with Crippen molar-refractivity contribution < 1.29 is 0 Å². The fourth-order valence-corrected chi connectivity index (χ4v) is 2.04. The second-order valence-electron chi connectivity index (χ2n) is 4.75. The van der Waals surface area contributed by atoms with Gasteiger partial charge in [-0.05, 0) is 13.8 Å². The molecule has 15 heavy (non-hydrogen) atoms. The van der Waals surface area contributed by atoms with E-state index in [4.69, 9.17) is 5.73 Å². The van der Waals surface area contributed by atoms with Gasteiger partial charge < -0.3 is 5.73 Å². The molecule has 0 spiro atoms. The highest BCUT2D eigenvalue weighted by Gasteiger charge is 2.26. The molecule has 0 aliphatic heterocycles.